The number of anilines is 2. The minimum absolute atomic E-state index is 0.0804. The van der Waals surface area contributed by atoms with E-state index in [9.17, 15) is 13.2 Å². The molecule has 0 saturated carbocycles. The van der Waals surface area contributed by atoms with Crippen molar-refractivity contribution in [3.8, 4) is 0 Å². The van der Waals surface area contributed by atoms with Crippen molar-refractivity contribution in [1.82, 2.24) is 4.90 Å². The number of amides is 1. The van der Waals surface area contributed by atoms with Crippen molar-refractivity contribution in [2.24, 2.45) is 5.14 Å². The Morgan fingerprint density at radius 1 is 1.07 bits per heavy atom. The Morgan fingerprint density at radius 3 is 2.33 bits per heavy atom. The minimum atomic E-state index is -3.68. The Bertz CT molecular complexity index is 910. The second-order valence-corrected chi connectivity index (χ2v) is 8.36. The molecule has 3 rings (SSSR count). The van der Waals surface area contributed by atoms with E-state index in [0.29, 0.717) is 17.3 Å². The quantitative estimate of drug-likeness (QED) is 0.785. The molecule has 1 saturated heterocycles. The fourth-order valence-electron chi connectivity index (χ4n) is 2.98. The molecule has 7 nitrogen and oxygen atoms in total. The fourth-order valence-corrected chi connectivity index (χ4v) is 3.69. The molecule has 0 bridgehead atoms. The molecule has 0 aromatic heterocycles. The first-order valence-corrected chi connectivity index (χ1v) is 10.4. The summed E-state index contributed by atoms with van der Waals surface area (Å²) in [7, 11) is -3.68. The fraction of sp³-hybridized carbons (Fsp3) is 0.278. The molecule has 1 fully saturated rings. The zero-order valence-electron chi connectivity index (χ0n) is 14.6. The van der Waals surface area contributed by atoms with Gasteiger partial charge in [-0.1, -0.05) is 17.7 Å². The molecule has 0 atom stereocenters. The number of rotatable bonds is 5. The number of carbonyl (C=O) groups is 1. The summed E-state index contributed by atoms with van der Waals surface area (Å²) in [6.07, 6.45) is 0. The summed E-state index contributed by atoms with van der Waals surface area (Å²) in [6.45, 7) is 3.28. The summed E-state index contributed by atoms with van der Waals surface area (Å²) in [5.41, 5.74) is 1.62. The number of sulfonamides is 1. The molecule has 27 heavy (non-hydrogen) atoms. The zero-order valence-corrected chi connectivity index (χ0v) is 16.2. The number of nitrogens with two attached hydrogens (primary N) is 1. The van der Waals surface area contributed by atoms with E-state index in [4.69, 9.17) is 16.7 Å². The molecule has 9 heteroatoms. The van der Waals surface area contributed by atoms with Crippen LogP contribution in [0, 0.1) is 0 Å². The Morgan fingerprint density at radius 2 is 1.74 bits per heavy atom. The number of hydrogen-bond donors (Lipinski definition) is 2. The highest BCUT2D eigenvalue weighted by Gasteiger charge is 2.19. The van der Waals surface area contributed by atoms with Gasteiger partial charge in [0.05, 0.1) is 11.4 Å². The molecule has 0 unspecified atom stereocenters. The lowest BCUT2D eigenvalue weighted by Crippen LogP contribution is -2.48. The standard InChI is InChI=1S/C18H21ClN4O3S/c19-14-2-1-3-15(12-14)21-18(24)13-22-8-10-23(11-9-22)16-4-6-17(7-5-16)27(20,25)26/h1-7,12H,8-11,13H2,(H,21,24)(H2,20,25,26). The van der Waals surface area contributed by atoms with Crippen LogP contribution in [0.1, 0.15) is 0 Å². The van der Waals surface area contributed by atoms with E-state index in [1.807, 2.05) is 0 Å². The highest BCUT2D eigenvalue weighted by molar-refractivity contribution is 7.89. The minimum Gasteiger partial charge on any atom is -0.369 e. The van der Waals surface area contributed by atoms with Gasteiger partial charge in [-0.2, -0.15) is 0 Å². The smallest absolute Gasteiger partial charge is 0.238 e. The van der Waals surface area contributed by atoms with Gasteiger partial charge in [-0.05, 0) is 42.5 Å². The van der Waals surface area contributed by atoms with Gasteiger partial charge in [0.2, 0.25) is 15.9 Å². The number of primary sulfonamides is 1. The first kappa shape index (κ1) is 19.6. The van der Waals surface area contributed by atoms with Crippen LogP contribution >= 0.6 is 11.6 Å². The third-order valence-corrected chi connectivity index (χ3v) is 5.54. The van der Waals surface area contributed by atoms with Gasteiger partial charge >= 0.3 is 0 Å². The molecule has 1 heterocycles. The van der Waals surface area contributed by atoms with Crippen molar-refractivity contribution >= 4 is 38.9 Å². The Labute approximate surface area is 163 Å². The second kappa shape index (κ2) is 8.26. The van der Waals surface area contributed by atoms with Crippen LogP contribution in [-0.4, -0.2) is 51.9 Å². The predicted octanol–water partition coefficient (Wildman–Crippen LogP) is 1.75. The third kappa shape index (κ3) is 5.43. The number of benzene rings is 2. The molecule has 2 aromatic rings. The Hall–Kier alpha value is -2.13. The van der Waals surface area contributed by atoms with Crippen LogP contribution in [-0.2, 0) is 14.8 Å². The van der Waals surface area contributed by atoms with Crippen molar-refractivity contribution in [1.29, 1.82) is 0 Å². The van der Waals surface area contributed by atoms with Gasteiger partial charge in [-0.3, -0.25) is 9.69 Å². The largest absolute Gasteiger partial charge is 0.369 e. The van der Waals surface area contributed by atoms with Crippen LogP contribution in [0.3, 0.4) is 0 Å². The molecule has 0 aliphatic carbocycles. The van der Waals surface area contributed by atoms with Gasteiger partial charge in [0.1, 0.15) is 0 Å². The molecule has 2 aromatic carbocycles. The third-order valence-electron chi connectivity index (χ3n) is 4.38. The van der Waals surface area contributed by atoms with E-state index >= 15 is 0 Å². The van der Waals surface area contributed by atoms with Crippen LogP contribution in [0.25, 0.3) is 0 Å². The summed E-state index contributed by atoms with van der Waals surface area (Å²) >= 11 is 5.92. The molecule has 1 amide bonds. The van der Waals surface area contributed by atoms with E-state index in [2.05, 4.69) is 15.1 Å². The molecular formula is C18H21ClN4O3S. The van der Waals surface area contributed by atoms with Crippen LogP contribution in [0.15, 0.2) is 53.4 Å². The summed E-state index contributed by atoms with van der Waals surface area (Å²) < 4.78 is 22.7. The topological polar surface area (TPSA) is 95.7 Å². The number of nitrogens with zero attached hydrogens (tertiary/aromatic N) is 2. The maximum atomic E-state index is 12.2. The maximum absolute atomic E-state index is 12.2. The van der Waals surface area contributed by atoms with Crippen LogP contribution in [0.2, 0.25) is 5.02 Å². The number of carbonyl (C=O) groups excluding carboxylic acids is 1. The van der Waals surface area contributed by atoms with E-state index in [0.717, 1.165) is 31.9 Å². The molecular weight excluding hydrogens is 388 g/mol. The first-order valence-electron chi connectivity index (χ1n) is 8.47. The van der Waals surface area contributed by atoms with Crippen molar-refractivity contribution in [3.63, 3.8) is 0 Å². The van der Waals surface area contributed by atoms with Crippen LogP contribution in [0.5, 0.6) is 0 Å². The van der Waals surface area contributed by atoms with Crippen molar-refractivity contribution in [2.75, 3.05) is 42.9 Å². The summed E-state index contributed by atoms with van der Waals surface area (Å²) in [5, 5.41) is 8.54. The van der Waals surface area contributed by atoms with E-state index in [1.165, 1.54) is 12.1 Å². The van der Waals surface area contributed by atoms with Gasteiger partial charge in [0.15, 0.2) is 0 Å². The predicted molar refractivity (Wildman–Crippen MR) is 107 cm³/mol. The highest BCUT2D eigenvalue weighted by Crippen LogP contribution is 2.19. The SMILES string of the molecule is NS(=O)(=O)c1ccc(N2CCN(CC(=O)Nc3cccc(Cl)c3)CC2)cc1. The summed E-state index contributed by atoms with van der Waals surface area (Å²) in [4.78, 5) is 16.5. The number of hydrogen-bond acceptors (Lipinski definition) is 5. The second-order valence-electron chi connectivity index (χ2n) is 6.36. The van der Waals surface area contributed by atoms with Gasteiger partial charge in [0, 0.05) is 42.6 Å². The summed E-state index contributed by atoms with van der Waals surface area (Å²) in [5.74, 6) is -0.0804. The number of halogens is 1. The monoisotopic (exact) mass is 408 g/mol. The van der Waals surface area contributed by atoms with Gasteiger partial charge in [-0.25, -0.2) is 13.6 Å². The summed E-state index contributed by atoms with van der Waals surface area (Å²) in [6, 6.07) is 13.6. The van der Waals surface area contributed by atoms with Gasteiger partial charge < -0.3 is 10.2 Å². The van der Waals surface area contributed by atoms with Crippen molar-refractivity contribution in [2.45, 2.75) is 4.90 Å². The lowest BCUT2D eigenvalue weighted by atomic mass is 10.2. The molecule has 1 aliphatic rings. The average Bonchev–Trinajstić information content (AvgIpc) is 2.62. The zero-order chi connectivity index (χ0) is 19.4. The molecule has 0 radical (unpaired) electrons. The normalized spacial score (nSPS) is 15.6. The van der Waals surface area contributed by atoms with Gasteiger partial charge in [-0.15, -0.1) is 0 Å². The Kier molecular flexibility index (Phi) is 6.01. The molecule has 0 spiro atoms. The highest BCUT2D eigenvalue weighted by atomic mass is 35.5. The van der Waals surface area contributed by atoms with Crippen molar-refractivity contribution < 1.29 is 13.2 Å². The van der Waals surface area contributed by atoms with Crippen LogP contribution < -0.4 is 15.4 Å². The Balaban J connectivity index is 1.50. The van der Waals surface area contributed by atoms with Gasteiger partial charge in [0.25, 0.3) is 0 Å². The number of piperazine rings is 1. The van der Waals surface area contributed by atoms with E-state index in [-0.39, 0.29) is 10.8 Å². The first-order chi connectivity index (χ1) is 12.8. The lowest BCUT2D eigenvalue weighted by molar-refractivity contribution is -0.117. The maximum Gasteiger partial charge on any atom is 0.238 e. The van der Waals surface area contributed by atoms with Crippen molar-refractivity contribution in [3.05, 3.63) is 53.6 Å². The van der Waals surface area contributed by atoms with Crippen LogP contribution in [0.4, 0.5) is 11.4 Å². The molecule has 3 N–H and O–H groups in total. The van der Waals surface area contributed by atoms with E-state index < -0.39 is 10.0 Å². The molecule has 144 valence electrons. The average molecular weight is 409 g/mol. The lowest BCUT2D eigenvalue weighted by Gasteiger charge is -2.35. The number of nitrogens with one attached hydrogen (secondary N) is 1. The molecule has 1 aliphatic heterocycles. The van der Waals surface area contributed by atoms with E-state index in [1.54, 1.807) is 36.4 Å².